The number of unbranched alkanes of at least 4 members (excludes halogenated alkanes) is 1. The quantitative estimate of drug-likeness (QED) is 0.576. The van der Waals surface area contributed by atoms with Gasteiger partial charge in [0.2, 0.25) is 5.91 Å². The maximum absolute atomic E-state index is 12.0. The third kappa shape index (κ3) is 6.56. The first kappa shape index (κ1) is 20.6. The summed E-state index contributed by atoms with van der Waals surface area (Å²) in [6.07, 6.45) is 7.99. The van der Waals surface area contributed by atoms with E-state index in [1.807, 2.05) is 12.1 Å². The summed E-state index contributed by atoms with van der Waals surface area (Å²) in [6, 6.07) is 3.73. The summed E-state index contributed by atoms with van der Waals surface area (Å²) in [5.74, 6) is 1.74. The van der Waals surface area contributed by atoms with Crippen LogP contribution in [0.4, 0.5) is 0 Å². The molecule has 134 valence electrons. The van der Waals surface area contributed by atoms with Crippen molar-refractivity contribution in [2.75, 3.05) is 20.8 Å². The van der Waals surface area contributed by atoms with Gasteiger partial charge in [-0.2, -0.15) is 0 Å². The molecule has 0 saturated carbocycles. The molecule has 0 aliphatic heterocycles. The molecular formula is C19H28BrNO3. The highest BCUT2D eigenvalue weighted by Crippen LogP contribution is 2.36. The van der Waals surface area contributed by atoms with Crippen molar-refractivity contribution in [3.05, 3.63) is 28.2 Å². The van der Waals surface area contributed by atoms with Gasteiger partial charge in [0.1, 0.15) is 0 Å². The monoisotopic (exact) mass is 397 g/mol. The standard InChI is InChI=1S/C19H28BrNO3/c1-5-7-8-14(6-2)13-21-18(22)10-9-15-11-16(20)19(24-4)17(12-15)23-3/h9-12,14H,5-8,13H2,1-4H3,(H,21,22)/b10-9+. The first-order valence-corrected chi connectivity index (χ1v) is 9.22. The minimum atomic E-state index is -0.0733. The lowest BCUT2D eigenvalue weighted by molar-refractivity contribution is -0.116. The van der Waals surface area contributed by atoms with Crippen molar-refractivity contribution in [2.24, 2.45) is 5.92 Å². The van der Waals surface area contributed by atoms with Gasteiger partial charge in [-0.15, -0.1) is 0 Å². The Labute approximate surface area is 153 Å². The van der Waals surface area contributed by atoms with Crippen molar-refractivity contribution < 1.29 is 14.3 Å². The predicted octanol–water partition coefficient (Wildman–Crippen LogP) is 4.81. The molecule has 0 heterocycles. The van der Waals surface area contributed by atoms with Crippen LogP contribution in [0.5, 0.6) is 11.5 Å². The molecule has 1 rings (SSSR count). The van der Waals surface area contributed by atoms with E-state index < -0.39 is 0 Å². The number of amides is 1. The van der Waals surface area contributed by atoms with Crippen molar-refractivity contribution >= 4 is 27.9 Å². The first-order valence-electron chi connectivity index (χ1n) is 8.43. The molecule has 0 fully saturated rings. The summed E-state index contributed by atoms with van der Waals surface area (Å²) in [5, 5.41) is 2.99. The average Bonchev–Trinajstić information content (AvgIpc) is 2.59. The second-order valence-electron chi connectivity index (χ2n) is 5.73. The fraction of sp³-hybridized carbons (Fsp3) is 0.526. The molecule has 1 atom stereocenters. The minimum Gasteiger partial charge on any atom is -0.493 e. The Morgan fingerprint density at radius 1 is 1.29 bits per heavy atom. The van der Waals surface area contributed by atoms with E-state index in [1.165, 1.54) is 19.3 Å². The second kappa shape index (κ2) is 11.1. The highest BCUT2D eigenvalue weighted by atomic mass is 79.9. The number of rotatable bonds is 10. The Balaban J connectivity index is 2.65. The number of methoxy groups -OCH3 is 2. The Hall–Kier alpha value is -1.49. The largest absolute Gasteiger partial charge is 0.493 e. The van der Waals surface area contributed by atoms with Crippen molar-refractivity contribution in [1.82, 2.24) is 5.32 Å². The van der Waals surface area contributed by atoms with Gasteiger partial charge in [0.25, 0.3) is 0 Å². The molecule has 1 aromatic carbocycles. The Morgan fingerprint density at radius 2 is 2.04 bits per heavy atom. The number of benzene rings is 1. The molecular weight excluding hydrogens is 370 g/mol. The smallest absolute Gasteiger partial charge is 0.244 e. The topological polar surface area (TPSA) is 47.6 Å². The van der Waals surface area contributed by atoms with Gasteiger partial charge < -0.3 is 14.8 Å². The summed E-state index contributed by atoms with van der Waals surface area (Å²) in [4.78, 5) is 12.0. The Morgan fingerprint density at radius 3 is 2.62 bits per heavy atom. The Kier molecular flexibility index (Phi) is 9.53. The highest BCUT2D eigenvalue weighted by Gasteiger charge is 2.10. The molecule has 1 unspecified atom stereocenters. The van der Waals surface area contributed by atoms with Crippen LogP contribution in [0.15, 0.2) is 22.7 Å². The van der Waals surface area contributed by atoms with Crippen molar-refractivity contribution in [2.45, 2.75) is 39.5 Å². The van der Waals surface area contributed by atoms with E-state index in [2.05, 4.69) is 35.1 Å². The first-order chi connectivity index (χ1) is 11.5. The van der Waals surface area contributed by atoms with Crippen LogP contribution in [0.25, 0.3) is 6.08 Å². The van der Waals surface area contributed by atoms with Gasteiger partial charge in [-0.3, -0.25) is 4.79 Å². The molecule has 1 N–H and O–H groups in total. The molecule has 5 heteroatoms. The van der Waals surface area contributed by atoms with Crippen LogP contribution in [0.1, 0.15) is 45.1 Å². The fourth-order valence-electron chi connectivity index (χ4n) is 2.45. The highest BCUT2D eigenvalue weighted by molar-refractivity contribution is 9.10. The van der Waals surface area contributed by atoms with Gasteiger partial charge in [0, 0.05) is 12.6 Å². The fourth-order valence-corrected chi connectivity index (χ4v) is 3.07. The van der Waals surface area contributed by atoms with Crippen LogP contribution in [-0.4, -0.2) is 26.7 Å². The van der Waals surface area contributed by atoms with E-state index in [0.29, 0.717) is 17.4 Å². The van der Waals surface area contributed by atoms with Crippen molar-refractivity contribution in [3.8, 4) is 11.5 Å². The molecule has 0 saturated heterocycles. The lowest BCUT2D eigenvalue weighted by atomic mass is 9.99. The van der Waals surface area contributed by atoms with E-state index >= 15 is 0 Å². The number of hydrogen-bond acceptors (Lipinski definition) is 3. The molecule has 0 aromatic heterocycles. The second-order valence-corrected chi connectivity index (χ2v) is 6.59. The zero-order valence-corrected chi connectivity index (χ0v) is 16.6. The van der Waals surface area contributed by atoms with Gasteiger partial charge in [-0.05, 0) is 52.0 Å². The molecule has 0 spiro atoms. The number of nitrogens with one attached hydrogen (secondary N) is 1. The number of carbonyl (C=O) groups excluding carboxylic acids is 1. The van der Waals surface area contributed by atoms with Gasteiger partial charge in [-0.1, -0.05) is 33.1 Å². The van der Waals surface area contributed by atoms with Crippen LogP contribution < -0.4 is 14.8 Å². The zero-order chi connectivity index (χ0) is 17.9. The summed E-state index contributed by atoms with van der Waals surface area (Å²) >= 11 is 3.45. The summed E-state index contributed by atoms with van der Waals surface area (Å²) in [5.41, 5.74) is 0.868. The molecule has 0 aliphatic carbocycles. The van der Waals surface area contributed by atoms with Crippen LogP contribution in [0.2, 0.25) is 0 Å². The maximum atomic E-state index is 12.0. The zero-order valence-electron chi connectivity index (χ0n) is 15.0. The minimum absolute atomic E-state index is 0.0733. The predicted molar refractivity (Wildman–Crippen MR) is 103 cm³/mol. The van der Waals surface area contributed by atoms with Gasteiger partial charge in [0.15, 0.2) is 11.5 Å². The van der Waals surface area contributed by atoms with E-state index in [9.17, 15) is 4.79 Å². The average molecular weight is 398 g/mol. The van der Waals surface area contributed by atoms with E-state index in [0.717, 1.165) is 23.0 Å². The number of ether oxygens (including phenoxy) is 2. The van der Waals surface area contributed by atoms with Crippen LogP contribution in [-0.2, 0) is 4.79 Å². The summed E-state index contributed by atoms with van der Waals surface area (Å²) in [7, 11) is 3.18. The van der Waals surface area contributed by atoms with E-state index in [4.69, 9.17) is 9.47 Å². The molecule has 1 aromatic rings. The normalized spacial score (nSPS) is 12.2. The third-order valence-corrected chi connectivity index (χ3v) is 4.58. The van der Waals surface area contributed by atoms with E-state index in [1.54, 1.807) is 26.4 Å². The van der Waals surface area contributed by atoms with E-state index in [-0.39, 0.29) is 5.91 Å². The molecule has 0 aliphatic rings. The Bertz CT molecular complexity index is 558. The van der Waals surface area contributed by atoms with Crippen molar-refractivity contribution in [1.29, 1.82) is 0 Å². The molecule has 24 heavy (non-hydrogen) atoms. The maximum Gasteiger partial charge on any atom is 0.244 e. The van der Waals surface area contributed by atoms with Crippen LogP contribution >= 0.6 is 15.9 Å². The number of halogens is 1. The summed E-state index contributed by atoms with van der Waals surface area (Å²) < 4.78 is 11.4. The van der Waals surface area contributed by atoms with Gasteiger partial charge >= 0.3 is 0 Å². The van der Waals surface area contributed by atoms with Gasteiger partial charge in [0.05, 0.1) is 18.7 Å². The molecule has 1 amide bonds. The number of hydrogen-bond donors (Lipinski definition) is 1. The lowest BCUT2D eigenvalue weighted by Gasteiger charge is -2.14. The third-order valence-electron chi connectivity index (χ3n) is 3.99. The molecule has 4 nitrogen and oxygen atoms in total. The van der Waals surface area contributed by atoms with Crippen molar-refractivity contribution in [3.63, 3.8) is 0 Å². The SMILES string of the molecule is CCCCC(CC)CNC(=O)/C=C/c1cc(Br)c(OC)c(OC)c1. The lowest BCUT2D eigenvalue weighted by Crippen LogP contribution is -2.27. The van der Waals surface area contributed by atoms with Crippen LogP contribution in [0.3, 0.4) is 0 Å². The van der Waals surface area contributed by atoms with Gasteiger partial charge in [-0.25, -0.2) is 0 Å². The summed E-state index contributed by atoms with van der Waals surface area (Å²) in [6.45, 7) is 5.09. The molecule has 0 radical (unpaired) electrons. The number of carbonyl (C=O) groups is 1. The van der Waals surface area contributed by atoms with Crippen LogP contribution in [0, 0.1) is 5.92 Å². The molecule has 0 bridgehead atoms.